The van der Waals surface area contributed by atoms with Gasteiger partial charge < -0.3 is 5.32 Å². The maximum absolute atomic E-state index is 12.7. The topological polar surface area (TPSA) is 110 Å². The Balaban J connectivity index is 1.69. The van der Waals surface area contributed by atoms with Crippen LogP contribution in [0, 0.1) is 17.0 Å². The summed E-state index contributed by atoms with van der Waals surface area (Å²) in [5.41, 5.74) is 0.974. The lowest BCUT2D eigenvalue weighted by molar-refractivity contribution is -0.384. The molecule has 0 aliphatic carbocycles. The molecule has 150 valence electrons. The van der Waals surface area contributed by atoms with Crippen LogP contribution in [0.2, 0.25) is 0 Å². The van der Waals surface area contributed by atoms with Crippen LogP contribution in [-0.2, 0) is 21.2 Å². The van der Waals surface area contributed by atoms with Crippen LogP contribution in [0.3, 0.4) is 0 Å². The molecule has 0 unspecified atom stereocenters. The summed E-state index contributed by atoms with van der Waals surface area (Å²) in [6.45, 7) is 2.80. The van der Waals surface area contributed by atoms with E-state index in [4.69, 9.17) is 0 Å². The number of nitro benzene ring substituents is 1. The highest BCUT2D eigenvalue weighted by Gasteiger charge is 2.27. The molecule has 1 aromatic carbocycles. The third-order valence-corrected chi connectivity index (χ3v) is 8.04. The Hall–Kier alpha value is -2.30. The highest BCUT2D eigenvalue weighted by atomic mass is 32.2. The lowest BCUT2D eigenvalue weighted by Crippen LogP contribution is -2.35. The summed E-state index contributed by atoms with van der Waals surface area (Å²) in [6.07, 6.45) is 2.77. The van der Waals surface area contributed by atoms with Gasteiger partial charge in [0.05, 0.1) is 17.0 Å². The summed E-state index contributed by atoms with van der Waals surface area (Å²) in [5, 5.41) is 13.6. The number of anilines is 1. The fraction of sp³-hybridized carbons (Fsp3) is 0.389. The van der Waals surface area contributed by atoms with E-state index in [2.05, 4.69) is 5.32 Å². The predicted octanol–water partition coefficient (Wildman–Crippen LogP) is 3.32. The van der Waals surface area contributed by atoms with Gasteiger partial charge in [-0.1, -0.05) is 12.5 Å². The van der Waals surface area contributed by atoms with Crippen molar-refractivity contribution in [2.75, 3.05) is 18.4 Å². The number of carbonyl (C=O) groups excluding carboxylic acids is 1. The van der Waals surface area contributed by atoms with E-state index >= 15 is 0 Å². The first-order valence-electron chi connectivity index (χ1n) is 8.91. The van der Waals surface area contributed by atoms with Crippen LogP contribution in [0.15, 0.2) is 34.5 Å². The van der Waals surface area contributed by atoms with Crippen molar-refractivity contribution in [1.82, 2.24) is 4.31 Å². The summed E-state index contributed by atoms with van der Waals surface area (Å²) in [7, 11) is -3.51. The van der Waals surface area contributed by atoms with Crippen molar-refractivity contribution >= 4 is 38.6 Å². The molecule has 1 aromatic heterocycles. The Morgan fingerprint density at radius 2 is 1.93 bits per heavy atom. The van der Waals surface area contributed by atoms with Crippen molar-refractivity contribution < 1.29 is 18.1 Å². The maximum Gasteiger partial charge on any atom is 0.271 e. The Kier molecular flexibility index (Phi) is 6.11. The first-order chi connectivity index (χ1) is 13.3. The van der Waals surface area contributed by atoms with Gasteiger partial charge in [0, 0.05) is 30.1 Å². The average molecular weight is 424 g/mol. The molecule has 1 amide bonds. The van der Waals surface area contributed by atoms with Crippen molar-refractivity contribution in [3.63, 3.8) is 0 Å². The Labute approximate surface area is 167 Å². The molecule has 1 N–H and O–H groups in total. The van der Waals surface area contributed by atoms with Crippen LogP contribution in [0.4, 0.5) is 11.4 Å². The first kappa shape index (κ1) is 20.4. The minimum Gasteiger partial charge on any atom is -0.325 e. The van der Waals surface area contributed by atoms with Crippen LogP contribution in [-0.4, -0.2) is 36.6 Å². The molecule has 0 saturated carbocycles. The van der Waals surface area contributed by atoms with Gasteiger partial charge in [0.1, 0.15) is 4.21 Å². The molecule has 2 aromatic rings. The van der Waals surface area contributed by atoms with E-state index in [-0.39, 0.29) is 22.2 Å². The van der Waals surface area contributed by atoms with Crippen LogP contribution >= 0.6 is 11.3 Å². The number of rotatable bonds is 6. The number of carbonyl (C=O) groups is 1. The molecule has 28 heavy (non-hydrogen) atoms. The summed E-state index contributed by atoms with van der Waals surface area (Å²) >= 11 is 1.09. The lowest BCUT2D eigenvalue weighted by Gasteiger charge is -2.25. The van der Waals surface area contributed by atoms with Crippen LogP contribution in [0.5, 0.6) is 0 Å². The number of piperidine rings is 1. The summed E-state index contributed by atoms with van der Waals surface area (Å²) < 4.78 is 27.1. The summed E-state index contributed by atoms with van der Waals surface area (Å²) in [4.78, 5) is 23.3. The van der Waals surface area contributed by atoms with Gasteiger partial charge in [-0.3, -0.25) is 14.9 Å². The van der Waals surface area contributed by atoms with Gasteiger partial charge in [0.2, 0.25) is 5.91 Å². The second-order valence-corrected chi connectivity index (χ2v) is 10.00. The Bertz CT molecular complexity index is 994. The number of nitrogens with one attached hydrogen (secondary N) is 1. The number of hydrogen-bond donors (Lipinski definition) is 1. The number of non-ortho nitro benzene ring substituents is 1. The minimum atomic E-state index is -3.51. The van der Waals surface area contributed by atoms with Crippen molar-refractivity contribution in [2.45, 2.75) is 36.8 Å². The molecule has 0 atom stereocenters. The molecular weight excluding hydrogens is 402 g/mol. The van der Waals surface area contributed by atoms with Crippen LogP contribution in [0.1, 0.15) is 29.7 Å². The molecule has 3 rings (SSSR count). The highest BCUT2D eigenvalue weighted by molar-refractivity contribution is 7.91. The van der Waals surface area contributed by atoms with E-state index in [0.717, 1.165) is 30.6 Å². The zero-order valence-electron chi connectivity index (χ0n) is 15.4. The number of sulfonamides is 1. The van der Waals surface area contributed by atoms with Gasteiger partial charge in [-0.05, 0) is 37.5 Å². The maximum atomic E-state index is 12.7. The molecule has 1 saturated heterocycles. The summed E-state index contributed by atoms with van der Waals surface area (Å²) in [5.74, 6) is -0.354. The van der Waals surface area contributed by atoms with E-state index < -0.39 is 14.9 Å². The Morgan fingerprint density at radius 3 is 2.61 bits per heavy atom. The molecule has 10 heteroatoms. The quantitative estimate of drug-likeness (QED) is 0.566. The van der Waals surface area contributed by atoms with Gasteiger partial charge in [0.15, 0.2) is 0 Å². The smallest absolute Gasteiger partial charge is 0.271 e. The average Bonchev–Trinajstić information content (AvgIpc) is 3.13. The van der Waals surface area contributed by atoms with E-state index in [1.807, 2.05) is 0 Å². The number of nitro groups is 1. The summed E-state index contributed by atoms with van der Waals surface area (Å²) in [6, 6.07) is 7.44. The zero-order valence-corrected chi connectivity index (χ0v) is 17.0. The lowest BCUT2D eigenvalue weighted by atomic mass is 10.1. The van der Waals surface area contributed by atoms with Crippen molar-refractivity contribution in [1.29, 1.82) is 0 Å². The van der Waals surface area contributed by atoms with E-state index in [0.29, 0.717) is 29.2 Å². The second kappa shape index (κ2) is 8.38. The molecule has 0 bridgehead atoms. The minimum absolute atomic E-state index is 0.00230. The standard InChI is InChI=1S/C18H21N3O5S2/c1-13-5-6-14(21(23)24)11-16(13)19-17(22)12-15-7-8-18(27-15)28(25,26)20-9-3-2-4-10-20/h5-8,11H,2-4,9-10,12H2,1H3,(H,19,22). The molecule has 8 nitrogen and oxygen atoms in total. The fourth-order valence-electron chi connectivity index (χ4n) is 3.04. The number of hydrogen-bond acceptors (Lipinski definition) is 6. The molecule has 2 heterocycles. The monoisotopic (exact) mass is 423 g/mol. The Morgan fingerprint density at radius 1 is 1.21 bits per heavy atom. The highest BCUT2D eigenvalue weighted by Crippen LogP contribution is 2.28. The van der Waals surface area contributed by atoms with Crippen molar-refractivity contribution in [2.24, 2.45) is 0 Å². The third kappa shape index (κ3) is 4.57. The van der Waals surface area contributed by atoms with Gasteiger partial charge in [0.25, 0.3) is 15.7 Å². The van der Waals surface area contributed by atoms with Crippen molar-refractivity contribution in [3.05, 3.63) is 50.9 Å². The van der Waals surface area contributed by atoms with E-state index in [9.17, 15) is 23.3 Å². The largest absolute Gasteiger partial charge is 0.325 e. The van der Waals surface area contributed by atoms with E-state index in [1.165, 1.54) is 22.5 Å². The number of nitrogens with zero attached hydrogens (tertiary/aromatic N) is 2. The van der Waals surface area contributed by atoms with E-state index in [1.54, 1.807) is 19.1 Å². The second-order valence-electron chi connectivity index (χ2n) is 6.67. The normalized spacial score (nSPS) is 15.3. The molecular formula is C18H21N3O5S2. The number of benzene rings is 1. The van der Waals surface area contributed by atoms with Gasteiger partial charge in [-0.2, -0.15) is 4.31 Å². The molecule has 1 aliphatic heterocycles. The van der Waals surface area contributed by atoms with Crippen LogP contribution < -0.4 is 5.32 Å². The molecule has 0 radical (unpaired) electrons. The molecule has 1 aliphatic rings. The number of amides is 1. The number of aryl methyl sites for hydroxylation is 1. The van der Waals surface area contributed by atoms with Gasteiger partial charge in [-0.25, -0.2) is 8.42 Å². The molecule has 0 spiro atoms. The van der Waals surface area contributed by atoms with Crippen molar-refractivity contribution in [3.8, 4) is 0 Å². The SMILES string of the molecule is Cc1ccc([N+](=O)[O-])cc1NC(=O)Cc1ccc(S(=O)(=O)N2CCCCC2)s1. The number of thiophene rings is 1. The fourth-order valence-corrected chi connectivity index (χ4v) is 6.06. The van der Waals surface area contributed by atoms with Gasteiger partial charge in [-0.15, -0.1) is 11.3 Å². The zero-order chi connectivity index (χ0) is 20.3. The van der Waals surface area contributed by atoms with Gasteiger partial charge >= 0.3 is 0 Å². The molecule has 1 fully saturated rings. The third-order valence-electron chi connectivity index (χ3n) is 4.59. The predicted molar refractivity (Wildman–Crippen MR) is 107 cm³/mol. The van der Waals surface area contributed by atoms with Crippen LogP contribution in [0.25, 0.3) is 0 Å². The first-order valence-corrected chi connectivity index (χ1v) is 11.2.